The van der Waals surface area contributed by atoms with E-state index in [2.05, 4.69) is 5.10 Å². The van der Waals surface area contributed by atoms with Gasteiger partial charge in [-0.3, -0.25) is 4.79 Å². The van der Waals surface area contributed by atoms with Crippen molar-refractivity contribution in [3.8, 4) is 11.4 Å². The summed E-state index contributed by atoms with van der Waals surface area (Å²) < 4.78 is 6.97. The molecule has 0 fully saturated rings. The summed E-state index contributed by atoms with van der Waals surface area (Å²) in [5.74, 6) is 0.516. The molecule has 1 amide bonds. The molecule has 1 N–H and O–H groups in total. The molecular weight excluding hydrogens is 350 g/mol. The highest BCUT2D eigenvalue weighted by atomic mass is 32.1. The van der Waals surface area contributed by atoms with Crippen LogP contribution in [0.5, 0.6) is 5.75 Å². The molecule has 2 heterocycles. The molecule has 0 aliphatic heterocycles. The van der Waals surface area contributed by atoms with Gasteiger partial charge in [0.1, 0.15) is 11.4 Å². The maximum Gasteiger partial charge on any atom is 0.257 e. The number of para-hydroxylation sites is 2. The maximum absolute atomic E-state index is 12.9. The predicted molar refractivity (Wildman–Crippen MR) is 101 cm³/mol. The van der Waals surface area contributed by atoms with Crippen molar-refractivity contribution >= 4 is 17.2 Å². The molecule has 0 saturated heterocycles. The first kappa shape index (κ1) is 18.2. The van der Waals surface area contributed by atoms with E-state index in [0.29, 0.717) is 17.9 Å². The minimum Gasteiger partial charge on any atom is -0.494 e. The molecule has 6 nitrogen and oxygen atoms in total. The average Bonchev–Trinajstić information content (AvgIpc) is 3.30. The summed E-state index contributed by atoms with van der Waals surface area (Å²) in [5.41, 5.74) is 1.23. The SMILES string of the molecule is COc1ccccc1-n1cc(C(=O)N(CCO)Cc2ccc(C)s2)cn1. The van der Waals surface area contributed by atoms with Crippen molar-refractivity contribution in [1.82, 2.24) is 14.7 Å². The molecule has 7 heteroatoms. The minimum absolute atomic E-state index is 0.0866. The van der Waals surface area contributed by atoms with Crippen LogP contribution in [0.15, 0.2) is 48.8 Å². The van der Waals surface area contributed by atoms with Gasteiger partial charge in [0.05, 0.1) is 32.0 Å². The summed E-state index contributed by atoms with van der Waals surface area (Å²) in [6, 6.07) is 11.5. The molecule has 0 aliphatic carbocycles. The number of aliphatic hydroxyl groups is 1. The third kappa shape index (κ3) is 3.95. The van der Waals surface area contributed by atoms with E-state index in [0.717, 1.165) is 10.6 Å². The number of thiophene rings is 1. The molecule has 1 aromatic carbocycles. The van der Waals surface area contributed by atoms with E-state index in [-0.39, 0.29) is 19.1 Å². The Morgan fingerprint density at radius 1 is 1.31 bits per heavy atom. The molecule has 3 aromatic rings. The number of carbonyl (C=O) groups excluding carboxylic acids is 1. The Morgan fingerprint density at radius 3 is 2.81 bits per heavy atom. The molecule has 0 saturated carbocycles. The zero-order valence-corrected chi connectivity index (χ0v) is 15.6. The number of ether oxygens (including phenoxy) is 1. The average molecular weight is 371 g/mol. The smallest absolute Gasteiger partial charge is 0.257 e. The first-order valence-corrected chi connectivity index (χ1v) is 9.07. The molecule has 0 spiro atoms. The van der Waals surface area contributed by atoms with Crippen LogP contribution >= 0.6 is 11.3 Å². The zero-order chi connectivity index (χ0) is 18.5. The van der Waals surface area contributed by atoms with Gasteiger partial charge in [0.15, 0.2) is 0 Å². The number of aryl methyl sites for hydroxylation is 1. The lowest BCUT2D eigenvalue weighted by Gasteiger charge is -2.20. The normalized spacial score (nSPS) is 10.7. The van der Waals surface area contributed by atoms with E-state index in [4.69, 9.17) is 4.74 Å². The fourth-order valence-corrected chi connectivity index (χ4v) is 3.60. The highest BCUT2D eigenvalue weighted by Gasteiger charge is 2.19. The van der Waals surface area contributed by atoms with Crippen LogP contribution in [0.25, 0.3) is 5.69 Å². The second-order valence-electron chi connectivity index (χ2n) is 5.81. The number of hydrogen-bond donors (Lipinski definition) is 1. The fourth-order valence-electron chi connectivity index (χ4n) is 2.70. The summed E-state index contributed by atoms with van der Waals surface area (Å²) >= 11 is 1.65. The van der Waals surface area contributed by atoms with Crippen molar-refractivity contribution in [3.05, 3.63) is 64.1 Å². The van der Waals surface area contributed by atoms with E-state index in [1.165, 1.54) is 4.88 Å². The van der Waals surface area contributed by atoms with Crippen molar-refractivity contribution in [3.63, 3.8) is 0 Å². The summed E-state index contributed by atoms with van der Waals surface area (Å²) in [5, 5.41) is 13.6. The van der Waals surface area contributed by atoms with Crippen LogP contribution in [0.2, 0.25) is 0 Å². The highest BCUT2D eigenvalue weighted by Crippen LogP contribution is 2.22. The fraction of sp³-hybridized carbons (Fsp3) is 0.263. The number of nitrogens with zero attached hydrogens (tertiary/aromatic N) is 3. The first-order chi connectivity index (χ1) is 12.6. The van der Waals surface area contributed by atoms with Gasteiger partial charge in [-0.1, -0.05) is 12.1 Å². The van der Waals surface area contributed by atoms with Crippen LogP contribution in [0, 0.1) is 6.92 Å². The first-order valence-electron chi connectivity index (χ1n) is 8.26. The number of methoxy groups -OCH3 is 1. The predicted octanol–water partition coefficient (Wildman–Crippen LogP) is 2.89. The molecule has 0 bridgehead atoms. The maximum atomic E-state index is 12.9. The topological polar surface area (TPSA) is 67.6 Å². The Balaban J connectivity index is 1.82. The molecule has 3 rings (SSSR count). The minimum atomic E-state index is -0.161. The number of amides is 1. The number of aliphatic hydroxyl groups excluding tert-OH is 1. The van der Waals surface area contributed by atoms with Gasteiger partial charge in [0.25, 0.3) is 5.91 Å². The Morgan fingerprint density at radius 2 is 2.12 bits per heavy atom. The molecule has 0 aliphatic rings. The molecule has 26 heavy (non-hydrogen) atoms. The number of rotatable bonds is 7. The van der Waals surface area contributed by atoms with E-state index >= 15 is 0 Å². The highest BCUT2D eigenvalue weighted by molar-refractivity contribution is 7.11. The quantitative estimate of drug-likeness (QED) is 0.693. The van der Waals surface area contributed by atoms with Crippen molar-refractivity contribution in [2.75, 3.05) is 20.3 Å². The van der Waals surface area contributed by atoms with Gasteiger partial charge in [0.2, 0.25) is 0 Å². The van der Waals surface area contributed by atoms with Crippen LogP contribution in [-0.4, -0.2) is 46.0 Å². The summed E-state index contributed by atoms with van der Waals surface area (Å²) in [6.45, 7) is 2.69. The number of carbonyl (C=O) groups is 1. The van der Waals surface area contributed by atoms with Gasteiger partial charge < -0.3 is 14.7 Å². The van der Waals surface area contributed by atoms with Gasteiger partial charge in [-0.25, -0.2) is 4.68 Å². The Hall–Kier alpha value is -2.64. The lowest BCUT2D eigenvalue weighted by atomic mass is 10.2. The van der Waals surface area contributed by atoms with Crippen LogP contribution in [0.1, 0.15) is 20.1 Å². The molecule has 2 aromatic heterocycles. The Kier molecular flexibility index (Phi) is 5.70. The van der Waals surface area contributed by atoms with Crippen LogP contribution in [0.3, 0.4) is 0 Å². The van der Waals surface area contributed by atoms with Gasteiger partial charge in [-0.2, -0.15) is 5.10 Å². The van der Waals surface area contributed by atoms with E-state index < -0.39 is 0 Å². The Bertz CT molecular complexity index is 888. The van der Waals surface area contributed by atoms with Crippen molar-refractivity contribution < 1.29 is 14.6 Å². The van der Waals surface area contributed by atoms with Gasteiger partial charge in [0, 0.05) is 22.5 Å². The van der Waals surface area contributed by atoms with Crippen molar-refractivity contribution in [2.45, 2.75) is 13.5 Å². The molecule has 0 unspecified atom stereocenters. The zero-order valence-electron chi connectivity index (χ0n) is 14.8. The van der Waals surface area contributed by atoms with Crippen molar-refractivity contribution in [2.24, 2.45) is 0 Å². The summed E-state index contributed by atoms with van der Waals surface area (Å²) in [7, 11) is 1.60. The van der Waals surface area contributed by atoms with Crippen molar-refractivity contribution in [1.29, 1.82) is 0 Å². The van der Waals surface area contributed by atoms with Crippen LogP contribution < -0.4 is 4.74 Å². The number of aromatic nitrogens is 2. The van der Waals surface area contributed by atoms with E-state index in [1.807, 2.05) is 43.3 Å². The van der Waals surface area contributed by atoms with E-state index in [1.54, 1.807) is 40.4 Å². The van der Waals surface area contributed by atoms with Gasteiger partial charge >= 0.3 is 0 Å². The van der Waals surface area contributed by atoms with Gasteiger partial charge in [-0.15, -0.1) is 11.3 Å². The van der Waals surface area contributed by atoms with E-state index in [9.17, 15) is 9.90 Å². The largest absolute Gasteiger partial charge is 0.494 e. The van der Waals surface area contributed by atoms with Gasteiger partial charge in [-0.05, 0) is 31.2 Å². The Labute approximate surface area is 156 Å². The summed E-state index contributed by atoms with van der Waals surface area (Å²) in [4.78, 5) is 16.8. The lowest BCUT2D eigenvalue weighted by Crippen LogP contribution is -2.32. The second-order valence-corrected chi connectivity index (χ2v) is 7.18. The lowest BCUT2D eigenvalue weighted by molar-refractivity contribution is 0.0709. The van der Waals surface area contributed by atoms with Crippen LogP contribution in [0.4, 0.5) is 0 Å². The molecule has 0 atom stereocenters. The standard InChI is InChI=1S/C19H21N3O3S/c1-14-7-8-16(26-14)13-21(9-10-23)19(24)15-11-20-22(12-15)17-5-3-4-6-18(17)25-2/h3-8,11-12,23H,9-10,13H2,1-2H3. The molecule has 136 valence electrons. The third-order valence-corrected chi connectivity index (χ3v) is 4.95. The third-order valence-electron chi connectivity index (χ3n) is 3.96. The second kappa shape index (κ2) is 8.16. The summed E-state index contributed by atoms with van der Waals surface area (Å²) in [6.07, 6.45) is 3.23. The number of hydrogen-bond acceptors (Lipinski definition) is 5. The monoisotopic (exact) mass is 371 g/mol. The molecular formula is C19H21N3O3S. The molecule has 0 radical (unpaired) electrons. The van der Waals surface area contributed by atoms with Crippen LogP contribution in [-0.2, 0) is 6.54 Å². The number of benzene rings is 1.